The maximum atomic E-state index is 12.0. The van der Waals surface area contributed by atoms with Crippen molar-refractivity contribution in [1.29, 1.82) is 0 Å². The molecule has 26 heavy (non-hydrogen) atoms. The quantitative estimate of drug-likeness (QED) is 0.661. The smallest absolute Gasteiger partial charge is 0.338 e. The first-order valence-electron chi connectivity index (χ1n) is 7.29. The van der Waals surface area contributed by atoms with Crippen LogP contribution < -0.4 is 5.32 Å². The predicted octanol–water partition coefficient (Wildman–Crippen LogP) is 2.17. The highest BCUT2D eigenvalue weighted by atomic mass is 35.5. The molecule has 0 saturated heterocycles. The number of amides is 1. The van der Waals surface area contributed by atoms with Crippen molar-refractivity contribution in [2.24, 2.45) is 0 Å². The highest BCUT2D eigenvalue weighted by Gasteiger charge is 2.11. The molecular formula is C15H12Cl2N6O3. The topological polar surface area (TPSA) is 115 Å². The third kappa shape index (κ3) is 4.38. The second-order valence-corrected chi connectivity index (χ2v) is 6.11. The normalized spacial score (nSPS) is 10.7. The minimum absolute atomic E-state index is 0.00169. The molecule has 1 aromatic carbocycles. The van der Waals surface area contributed by atoms with Crippen LogP contribution in [0.3, 0.4) is 0 Å². The molecular weight excluding hydrogens is 383 g/mol. The molecule has 3 rings (SSSR count). The SMILES string of the molecule is O=C(Cn1cc(C(=O)O)cn1)Nc1ncn(Cc2ccc(Cl)c(Cl)c2)n1. The number of hydrogen-bond donors (Lipinski definition) is 2. The van der Waals surface area contributed by atoms with E-state index < -0.39 is 11.9 Å². The molecule has 2 aromatic heterocycles. The van der Waals surface area contributed by atoms with E-state index in [0.717, 1.165) is 5.56 Å². The number of nitrogens with zero attached hydrogens (tertiary/aromatic N) is 5. The van der Waals surface area contributed by atoms with Crippen molar-refractivity contribution < 1.29 is 14.7 Å². The first-order valence-corrected chi connectivity index (χ1v) is 8.05. The molecule has 2 heterocycles. The molecule has 0 bridgehead atoms. The zero-order chi connectivity index (χ0) is 18.7. The van der Waals surface area contributed by atoms with Gasteiger partial charge in [0.2, 0.25) is 11.9 Å². The molecule has 0 aliphatic heterocycles. The van der Waals surface area contributed by atoms with Crippen molar-refractivity contribution in [3.05, 3.63) is 58.1 Å². The van der Waals surface area contributed by atoms with E-state index in [2.05, 4.69) is 20.5 Å². The van der Waals surface area contributed by atoms with Crippen LogP contribution in [0.2, 0.25) is 10.0 Å². The summed E-state index contributed by atoms with van der Waals surface area (Å²) in [4.78, 5) is 26.8. The third-order valence-corrected chi connectivity index (χ3v) is 4.04. The fourth-order valence-corrected chi connectivity index (χ4v) is 2.45. The summed E-state index contributed by atoms with van der Waals surface area (Å²) in [6.07, 6.45) is 3.90. The van der Waals surface area contributed by atoms with Crippen LogP contribution >= 0.6 is 23.2 Å². The molecule has 3 aromatic rings. The Bertz CT molecular complexity index is 968. The number of carbonyl (C=O) groups is 2. The molecule has 0 saturated carbocycles. The van der Waals surface area contributed by atoms with Crippen LogP contribution in [0.25, 0.3) is 0 Å². The highest BCUT2D eigenvalue weighted by molar-refractivity contribution is 6.42. The highest BCUT2D eigenvalue weighted by Crippen LogP contribution is 2.22. The van der Waals surface area contributed by atoms with Crippen molar-refractivity contribution in [2.75, 3.05) is 5.32 Å². The molecule has 11 heteroatoms. The minimum atomic E-state index is -1.11. The zero-order valence-electron chi connectivity index (χ0n) is 13.1. The molecule has 0 fully saturated rings. The van der Waals surface area contributed by atoms with Gasteiger partial charge < -0.3 is 5.11 Å². The molecule has 9 nitrogen and oxygen atoms in total. The average molecular weight is 395 g/mol. The van der Waals surface area contributed by atoms with Gasteiger partial charge in [-0.15, -0.1) is 5.10 Å². The van der Waals surface area contributed by atoms with Crippen LogP contribution in [0.15, 0.2) is 36.9 Å². The average Bonchev–Trinajstić information content (AvgIpc) is 3.21. The summed E-state index contributed by atoms with van der Waals surface area (Å²) in [7, 11) is 0. The Morgan fingerprint density at radius 2 is 2.00 bits per heavy atom. The Labute approximate surface area is 157 Å². The van der Waals surface area contributed by atoms with E-state index in [4.69, 9.17) is 28.3 Å². The third-order valence-electron chi connectivity index (χ3n) is 3.30. The number of carbonyl (C=O) groups excluding carboxylic acids is 1. The van der Waals surface area contributed by atoms with Gasteiger partial charge in [0.05, 0.1) is 28.4 Å². The lowest BCUT2D eigenvalue weighted by atomic mass is 10.2. The lowest BCUT2D eigenvalue weighted by Gasteiger charge is -2.03. The van der Waals surface area contributed by atoms with Gasteiger partial charge in [0.15, 0.2) is 0 Å². The Morgan fingerprint density at radius 3 is 2.69 bits per heavy atom. The first-order chi connectivity index (χ1) is 12.4. The van der Waals surface area contributed by atoms with Crippen LogP contribution in [0.5, 0.6) is 0 Å². The fourth-order valence-electron chi connectivity index (χ4n) is 2.12. The summed E-state index contributed by atoms with van der Waals surface area (Å²) in [6.45, 7) is 0.246. The number of aromatic carboxylic acids is 1. The summed E-state index contributed by atoms with van der Waals surface area (Å²) in [6, 6.07) is 5.22. The monoisotopic (exact) mass is 394 g/mol. The molecule has 0 radical (unpaired) electrons. The summed E-state index contributed by atoms with van der Waals surface area (Å²) in [5, 5.41) is 20.2. The molecule has 2 N–H and O–H groups in total. The maximum Gasteiger partial charge on any atom is 0.338 e. The summed E-state index contributed by atoms with van der Waals surface area (Å²) < 4.78 is 2.75. The van der Waals surface area contributed by atoms with E-state index in [-0.39, 0.29) is 18.1 Å². The van der Waals surface area contributed by atoms with Crippen molar-refractivity contribution in [2.45, 2.75) is 13.1 Å². The van der Waals surface area contributed by atoms with Gasteiger partial charge in [-0.2, -0.15) is 5.10 Å². The standard InChI is InChI=1S/C15H12Cl2N6O3/c16-11-2-1-9(3-12(11)17)5-23-8-18-15(21-23)20-13(24)7-22-6-10(4-19-22)14(25)26/h1-4,6,8H,5,7H2,(H,25,26)(H,20,21,24). The fraction of sp³-hybridized carbons (Fsp3) is 0.133. The van der Waals surface area contributed by atoms with Crippen molar-refractivity contribution in [3.8, 4) is 0 Å². The van der Waals surface area contributed by atoms with Gasteiger partial charge in [0, 0.05) is 6.20 Å². The number of benzene rings is 1. The van der Waals surface area contributed by atoms with Crippen LogP contribution in [0, 0.1) is 0 Å². The van der Waals surface area contributed by atoms with Gasteiger partial charge in [0.1, 0.15) is 12.9 Å². The number of aromatic nitrogens is 5. The van der Waals surface area contributed by atoms with Crippen LogP contribution in [-0.2, 0) is 17.9 Å². The van der Waals surface area contributed by atoms with Crippen molar-refractivity contribution >= 4 is 41.0 Å². The largest absolute Gasteiger partial charge is 0.478 e. The van der Waals surface area contributed by atoms with Gasteiger partial charge >= 0.3 is 5.97 Å². The zero-order valence-corrected chi connectivity index (χ0v) is 14.6. The van der Waals surface area contributed by atoms with Crippen LogP contribution in [0.4, 0.5) is 5.95 Å². The van der Waals surface area contributed by atoms with Crippen LogP contribution in [0.1, 0.15) is 15.9 Å². The Morgan fingerprint density at radius 1 is 1.19 bits per heavy atom. The number of carboxylic acid groups (broad SMARTS) is 1. The number of carboxylic acids is 1. The van der Waals surface area contributed by atoms with Gasteiger partial charge in [-0.25, -0.2) is 14.5 Å². The summed E-state index contributed by atoms with van der Waals surface area (Å²) in [5.41, 5.74) is 0.877. The predicted molar refractivity (Wildman–Crippen MR) is 93.4 cm³/mol. The lowest BCUT2D eigenvalue weighted by molar-refractivity contribution is -0.117. The molecule has 0 aliphatic carbocycles. The van der Waals surface area contributed by atoms with Gasteiger partial charge in [-0.1, -0.05) is 29.3 Å². The summed E-state index contributed by atoms with van der Waals surface area (Å²) >= 11 is 11.8. The van der Waals surface area contributed by atoms with E-state index in [1.807, 2.05) is 6.07 Å². The Balaban J connectivity index is 1.59. The Hall–Kier alpha value is -2.91. The van der Waals surface area contributed by atoms with E-state index in [0.29, 0.717) is 16.6 Å². The Kier molecular flexibility index (Phi) is 5.19. The number of halogens is 2. The number of anilines is 1. The molecule has 0 atom stereocenters. The van der Waals surface area contributed by atoms with E-state index in [1.54, 1.807) is 12.1 Å². The van der Waals surface area contributed by atoms with Gasteiger partial charge in [-0.05, 0) is 17.7 Å². The second kappa shape index (κ2) is 7.54. The van der Waals surface area contributed by atoms with Crippen molar-refractivity contribution in [3.63, 3.8) is 0 Å². The van der Waals surface area contributed by atoms with E-state index in [1.165, 1.54) is 28.1 Å². The van der Waals surface area contributed by atoms with E-state index in [9.17, 15) is 9.59 Å². The second-order valence-electron chi connectivity index (χ2n) is 5.29. The minimum Gasteiger partial charge on any atom is -0.478 e. The van der Waals surface area contributed by atoms with E-state index >= 15 is 0 Å². The van der Waals surface area contributed by atoms with Gasteiger partial charge in [0.25, 0.3) is 0 Å². The molecule has 0 spiro atoms. The number of rotatable bonds is 6. The molecule has 134 valence electrons. The number of hydrogen-bond acceptors (Lipinski definition) is 5. The first kappa shape index (κ1) is 17.9. The molecule has 1 amide bonds. The van der Waals surface area contributed by atoms with Gasteiger partial charge in [-0.3, -0.25) is 14.8 Å². The molecule has 0 unspecified atom stereocenters. The lowest BCUT2D eigenvalue weighted by Crippen LogP contribution is -2.20. The summed E-state index contributed by atoms with van der Waals surface area (Å²) in [5.74, 6) is -1.42. The number of nitrogens with one attached hydrogen (secondary N) is 1. The van der Waals surface area contributed by atoms with Crippen molar-refractivity contribution in [1.82, 2.24) is 24.5 Å². The van der Waals surface area contributed by atoms with Crippen LogP contribution in [-0.4, -0.2) is 41.5 Å². The molecule has 0 aliphatic rings. The maximum absolute atomic E-state index is 12.0.